The number of rotatable bonds is 3. The van der Waals surface area contributed by atoms with E-state index in [2.05, 4.69) is 20.7 Å². The van der Waals surface area contributed by atoms with Crippen LogP contribution in [0.25, 0.3) is 0 Å². The van der Waals surface area contributed by atoms with Crippen LogP contribution < -0.4 is 21.3 Å². The van der Waals surface area contributed by atoms with Gasteiger partial charge in [-0.1, -0.05) is 0 Å². The van der Waals surface area contributed by atoms with Gasteiger partial charge in [-0.2, -0.15) is 0 Å². The minimum Gasteiger partial charge on any atom is -0.439 e. The molecule has 1 aliphatic rings. The molecule has 7 nitrogen and oxygen atoms in total. The van der Waals surface area contributed by atoms with Crippen LogP contribution in [0.2, 0.25) is 0 Å². The van der Waals surface area contributed by atoms with Gasteiger partial charge < -0.3 is 15.5 Å². The number of nitrogens with two attached hydrogens (primary N) is 1. The molecule has 7 heteroatoms. The predicted octanol–water partition coefficient (Wildman–Crippen LogP) is 1.75. The van der Waals surface area contributed by atoms with Crippen LogP contribution in [0, 0.1) is 6.92 Å². The largest absolute Gasteiger partial charge is 0.439 e. The second-order valence-electron chi connectivity index (χ2n) is 4.77. The number of hydrogen-bond donors (Lipinski definition) is 3. The van der Waals surface area contributed by atoms with Crippen molar-refractivity contribution >= 4 is 17.4 Å². The van der Waals surface area contributed by atoms with Crippen LogP contribution in [0.4, 0.5) is 11.5 Å². The minimum absolute atomic E-state index is 0.0430. The first-order valence-corrected chi connectivity index (χ1v) is 6.56. The van der Waals surface area contributed by atoms with Gasteiger partial charge in [0, 0.05) is 12.1 Å². The average Bonchev–Trinajstić information content (AvgIpc) is 2.49. The molecule has 0 radical (unpaired) electrons. The van der Waals surface area contributed by atoms with E-state index in [1.54, 1.807) is 6.07 Å². The number of nitrogen functional groups attached to an aromatic ring is 1. The summed E-state index contributed by atoms with van der Waals surface area (Å²) in [5.74, 6) is 7.05. The number of hydrogen-bond acceptors (Lipinski definition) is 6. The quantitative estimate of drug-likeness (QED) is 0.586. The third-order valence-electron chi connectivity index (χ3n) is 3.36. The van der Waals surface area contributed by atoms with Crippen LogP contribution >= 0.6 is 0 Å². The second-order valence-corrected chi connectivity index (χ2v) is 4.77. The molecule has 0 fully saturated rings. The first-order chi connectivity index (χ1) is 10.2. The van der Waals surface area contributed by atoms with Gasteiger partial charge in [-0.3, -0.25) is 4.79 Å². The van der Waals surface area contributed by atoms with Crippen LogP contribution in [0.15, 0.2) is 24.5 Å². The fraction of sp³-hybridized carbons (Fsp3) is 0.214. The van der Waals surface area contributed by atoms with E-state index in [1.807, 2.05) is 19.1 Å². The maximum atomic E-state index is 11.3. The van der Waals surface area contributed by atoms with Crippen molar-refractivity contribution in [1.29, 1.82) is 0 Å². The van der Waals surface area contributed by atoms with Gasteiger partial charge in [0.15, 0.2) is 0 Å². The predicted molar refractivity (Wildman–Crippen MR) is 78.0 cm³/mol. The molecule has 3 rings (SSSR count). The molecule has 1 aliphatic heterocycles. The third kappa shape index (κ3) is 2.63. The standard InChI is InChI=1S/C14H15N5O2/c1-8-13(19-15)16-7-17-14(8)21-10-3-4-11-9(6-10)2-5-12(20)18-11/h3-4,6-7H,2,5,15H2,1H3,(H,18,20)(H,16,17,19). The minimum atomic E-state index is 0.0430. The lowest BCUT2D eigenvalue weighted by atomic mass is 10.0. The van der Waals surface area contributed by atoms with Crippen LogP contribution in [0.3, 0.4) is 0 Å². The molecule has 108 valence electrons. The summed E-state index contributed by atoms with van der Waals surface area (Å²) in [5, 5.41) is 2.83. The number of aromatic nitrogens is 2. The molecule has 0 saturated carbocycles. The van der Waals surface area contributed by atoms with Crippen LogP contribution in [-0.4, -0.2) is 15.9 Å². The summed E-state index contributed by atoms with van der Waals surface area (Å²) in [7, 11) is 0. The molecular weight excluding hydrogens is 270 g/mol. The van der Waals surface area contributed by atoms with E-state index in [0.717, 1.165) is 16.8 Å². The summed E-state index contributed by atoms with van der Waals surface area (Å²) in [5.41, 5.74) is 5.11. The Bertz CT molecular complexity index is 702. The second kappa shape index (κ2) is 5.37. The van der Waals surface area contributed by atoms with Gasteiger partial charge in [-0.25, -0.2) is 15.8 Å². The fourth-order valence-corrected chi connectivity index (χ4v) is 2.22. The number of benzene rings is 1. The summed E-state index contributed by atoms with van der Waals surface area (Å²) < 4.78 is 5.79. The number of amides is 1. The van der Waals surface area contributed by atoms with Crippen molar-refractivity contribution in [3.63, 3.8) is 0 Å². The molecule has 1 amide bonds. The molecule has 0 spiro atoms. The van der Waals surface area contributed by atoms with E-state index >= 15 is 0 Å². The number of anilines is 2. The fourth-order valence-electron chi connectivity index (χ4n) is 2.22. The molecule has 0 atom stereocenters. The number of ether oxygens (including phenoxy) is 1. The Hall–Kier alpha value is -2.67. The molecule has 0 aliphatic carbocycles. The number of hydrazine groups is 1. The van der Waals surface area contributed by atoms with Crippen molar-refractivity contribution in [1.82, 2.24) is 9.97 Å². The van der Waals surface area contributed by atoms with Gasteiger partial charge in [-0.15, -0.1) is 0 Å². The van der Waals surface area contributed by atoms with Crippen molar-refractivity contribution in [3.8, 4) is 11.6 Å². The first kappa shape index (κ1) is 13.3. The van der Waals surface area contributed by atoms with Crippen molar-refractivity contribution in [2.75, 3.05) is 10.7 Å². The lowest BCUT2D eigenvalue weighted by Gasteiger charge is -2.17. The number of nitrogens with one attached hydrogen (secondary N) is 2. The number of nitrogens with zero attached hydrogens (tertiary/aromatic N) is 2. The Labute approximate surface area is 121 Å². The highest BCUT2D eigenvalue weighted by atomic mass is 16.5. The highest BCUT2D eigenvalue weighted by Gasteiger charge is 2.16. The zero-order valence-electron chi connectivity index (χ0n) is 11.5. The summed E-state index contributed by atoms with van der Waals surface area (Å²) in [6, 6.07) is 5.54. The highest BCUT2D eigenvalue weighted by Crippen LogP contribution is 2.30. The monoisotopic (exact) mass is 285 g/mol. The van der Waals surface area contributed by atoms with E-state index < -0.39 is 0 Å². The van der Waals surface area contributed by atoms with Gasteiger partial charge >= 0.3 is 0 Å². The van der Waals surface area contributed by atoms with Gasteiger partial charge in [0.1, 0.15) is 17.9 Å². The average molecular weight is 285 g/mol. The van der Waals surface area contributed by atoms with E-state index in [1.165, 1.54) is 6.33 Å². The SMILES string of the molecule is Cc1c(NN)ncnc1Oc1ccc2c(c1)CCC(=O)N2. The Morgan fingerprint density at radius 2 is 2.19 bits per heavy atom. The van der Waals surface area contributed by atoms with E-state index in [-0.39, 0.29) is 5.91 Å². The molecule has 0 saturated heterocycles. The van der Waals surface area contributed by atoms with Crippen molar-refractivity contribution in [3.05, 3.63) is 35.7 Å². The molecule has 21 heavy (non-hydrogen) atoms. The van der Waals surface area contributed by atoms with Gasteiger partial charge in [0.25, 0.3) is 0 Å². The summed E-state index contributed by atoms with van der Waals surface area (Å²) in [4.78, 5) is 19.4. The maximum Gasteiger partial charge on any atom is 0.227 e. The normalized spacial score (nSPS) is 13.3. The smallest absolute Gasteiger partial charge is 0.227 e. The Morgan fingerprint density at radius 3 is 3.00 bits per heavy atom. The Kier molecular flexibility index (Phi) is 3.41. The highest BCUT2D eigenvalue weighted by molar-refractivity contribution is 5.94. The zero-order valence-corrected chi connectivity index (χ0v) is 11.5. The lowest BCUT2D eigenvalue weighted by Crippen LogP contribution is -2.18. The molecular formula is C14H15N5O2. The van der Waals surface area contributed by atoms with E-state index in [0.29, 0.717) is 30.3 Å². The van der Waals surface area contributed by atoms with Crippen molar-refractivity contribution in [2.24, 2.45) is 5.84 Å². The van der Waals surface area contributed by atoms with Crippen molar-refractivity contribution < 1.29 is 9.53 Å². The Morgan fingerprint density at radius 1 is 1.33 bits per heavy atom. The molecule has 2 heterocycles. The first-order valence-electron chi connectivity index (χ1n) is 6.56. The molecule has 0 bridgehead atoms. The third-order valence-corrected chi connectivity index (χ3v) is 3.36. The summed E-state index contributed by atoms with van der Waals surface area (Å²) >= 11 is 0. The van der Waals surface area contributed by atoms with E-state index in [4.69, 9.17) is 10.6 Å². The zero-order chi connectivity index (χ0) is 14.8. The number of fused-ring (bicyclic) bond motifs is 1. The number of carbonyl (C=O) groups is 1. The van der Waals surface area contributed by atoms with Gasteiger partial charge in [0.05, 0.1) is 5.56 Å². The number of carbonyl (C=O) groups excluding carboxylic acids is 1. The van der Waals surface area contributed by atoms with E-state index in [9.17, 15) is 4.79 Å². The van der Waals surface area contributed by atoms with Crippen LogP contribution in [0.5, 0.6) is 11.6 Å². The summed E-state index contributed by atoms with van der Waals surface area (Å²) in [6.45, 7) is 1.82. The Balaban J connectivity index is 1.87. The van der Waals surface area contributed by atoms with Gasteiger partial charge in [-0.05, 0) is 37.1 Å². The number of aryl methyl sites for hydroxylation is 1. The van der Waals surface area contributed by atoms with Crippen LogP contribution in [0.1, 0.15) is 17.5 Å². The topological polar surface area (TPSA) is 102 Å². The molecule has 2 aromatic rings. The van der Waals surface area contributed by atoms with Gasteiger partial charge in [0.2, 0.25) is 11.8 Å². The molecule has 4 N–H and O–H groups in total. The maximum absolute atomic E-state index is 11.3. The summed E-state index contributed by atoms with van der Waals surface area (Å²) in [6.07, 6.45) is 2.58. The van der Waals surface area contributed by atoms with Crippen LogP contribution in [-0.2, 0) is 11.2 Å². The molecule has 1 aromatic heterocycles. The van der Waals surface area contributed by atoms with Crippen molar-refractivity contribution in [2.45, 2.75) is 19.8 Å². The molecule has 1 aromatic carbocycles. The lowest BCUT2D eigenvalue weighted by molar-refractivity contribution is -0.116. The molecule has 0 unspecified atom stereocenters.